The quantitative estimate of drug-likeness (QED) is 0.747. The Hall–Kier alpha value is -1.60. The second kappa shape index (κ2) is 8.86. The number of amides is 1. The summed E-state index contributed by atoms with van der Waals surface area (Å²) < 4.78 is 26.9. The zero-order chi connectivity index (χ0) is 19.3. The molecule has 2 aromatic rings. The summed E-state index contributed by atoms with van der Waals surface area (Å²) >= 11 is 12.1. The van der Waals surface area contributed by atoms with Crippen LogP contribution in [0, 0.1) is 0 Å². The summed E-state index contributed by atoms with van der Waals surface area (Å²) in [4.78, 5) is 13.9. The van der Waals surface area contributed by atoms with Crippen molar-refractivity contribution in [2.45, 2.75) is 24.3 Å². The van der Waals surface area contributed by atoms with E-state index in [4.69, 9.17) is 23.2 Å². The minimum Gasteiger partial charge on any atom is -0.339 e. The fraction of sp³-hybridized carbons (Fsp3) is 0.278. The van der Waals surface area contributed by atoms with Crippen LogP contribution in [0.5, 0.6) is 0 Å². The van der Waals surface area contributed by atoms with Crippen LogP contribution in [0.15, 0.2) is 53.4 Å². The molecular formula is C18H20Cl2N2O3S. The molecule has 1 atom stereocenters. The Labute approximate surface area is 164 Å². The molecule has 0 bridgehead atoms. The van der Waals surface area contributed by atoms with Gasteiger partial charge in [-0.1, -0.05) is 53.5 Å². The van der Waals surface area contributed by atoms with Crippen LogP contribution in [0.4, 0.5) is 0 Å². The van der Waals surface area contributed by atoms with E-state index in [1.165, 1.54) is 12.1 Å². The SMILES string of the molecule is CC(c1ccccc1Cl)N(C)C(=O)CCNS(=O)(=O)c1ccccc1Cl. The molecule has 26 heavy (non-hydrogen) atoms. The molecule has 2 rings (SSSR count). The van der Waals surface area contributed by atoms with Crippen LogP contribution < -0.4 is 4.72 Å². The molecule has 0 aliphatic carbocycles. The molecule has 0 saturated carbocycles. The molecule has 0 aromatic heterocycles. The zero-order valence-electron chi connectivity index (χ0n) is 14.4. The highest BCUT2D eigenvalue weighted by Crippen LogP contribution is 2.26. The number of carbonyl (C=O) groups excluding carboxylic acids is 1. The highest BCUT2D eigenvalue weighted by Gasteiger charge is 2.21. The molecule has 0 fully saturated rings. The smallest absolute Gasteiger partial charge is 0.242 e. The minimum absolute atomic E-state index is 0.00749. The Kier molecular flexibility index (Phi) is 7.06. The lowest BCUT2D eigenvalue weighted by Gasteiger charge is -2.26. The molecule has 140 valence electrons. The van der Waals surface area contributed by atoms with E-state index in [2.05, 4.69) is 4.72 Å². The highest BCUT2D eigenvalue weighted by atomic mass is 35.5. The minimum atomic E-state index is -3.77. The first-order valence-corrected chi connectivity index (χ1v) is 10.2. The molecule has 0 aliphatic rings. The maximum atomic E-state index is 12.4. The summed E-state index contributed by atoms with van der Waals surface area (Å²) in [7, 11) is -2.10. The second-order valence-corrected chi connectivity index (χ2v) is 8.33. The van der Waals surface area contributed by atoms with Crippen molar-refractivity contribution in [2.24, 2.45) is 0 Å². The number of sulfonamides is 1. The third-order valence-electron chi connectivity index (χ3n) is 4.09. The number of nitrogens with zero attached hydrogens (tertiary/aromatic N) is 1. The molecule has 5 nitrogen and oxygen atoms in total. The van der Waals surface area contributed by atoms with E-state index in [0.717, 1.165) is 5.56 Å². The van der Waals surface area contributed by atoms with E-state index >= 15 is 0 Å². The molecule has 0 aliphatic heterocycles. The number of nitrogens with one attached hydrogen (secondary N) is 1. The molecule has 0 saturated heterocycles. The maximum Gasteiger partial charge on any atom is 0.242 e. The summed E-state index contributed by atoms with van der Waals surface area (Å²) in [6.07, 6.45) is 0.0228. The topological polar surface area (TPSA) is 66.5 Å². The fourth-order valence-corrected chi connectivity index (χ4v) is 4.29. The standard InChI is InChI=1S/C18H20Cl2N2O3S/c1-13(14-7-3-4-8-15(14)19)22(2)18(23)11-12-21-26(24,25)17-10-6-5-9-16(17)20/h3-10,13,21H,11-12H2,1-2H3. The van der Waals surface area contributed by atoms with Crippen LogP contribution in [0.25, 0.3) is 0 Å². The summed E-state index contributed by atoms with van der Waals surface area (Å²) in [5.74, 6) is -0.195. The van der Waals surface area contributed by atoms with Gasteiger partial charge in [0.1, 0.15) is 4.90 Å². The van der Waals surface area contributed by atoms with E-state index in [1.807, 2.05) is 25.1 Å². The van der Waals surface area contributed by atoms with Gasteiger partial charge in [-0.05, 0) is 30.7 Å². The van der Waals surface area contributed by atoms with Gasteiger partial charge in [-0.2, -0.15) is 0 Å². The first kappa shape index (κ1) is 20.7. The van der Waals surface area contributed by atoms with E-state index in [-0.39, 0.29) is 34.8 Å². The molecule has 0 radical (unpaired) electrons. The van der Waals surface area contributed by atoms with Gasteiger partial charge in [0.2, 0.25) is 15.9 Å². The molecule has 0 spiro atoms. The first-order valence-electron chi connectivity index (χ1n) is 7.98. The Morgan fingerprint density at radius 2 is 1.65 bits per heavy atom. The van der Waals surface area contributed by atoms with Crippen molar-refractivity contribution >= 4 is 39.1 Å². The van der Waals surface area contributed by atoms with Crippen LogP contribution in [-0.4, -0.2) is 32.8 Å². The Balaban J connectivity index is 1.96. The van der Waals surface area contributed by atoms with Crippen molar-refractivity contribution in [3.8, 4) is 0 Å². The van der Waals surface area contributed by atoms with Gasteiger partial charge in [0.15, 0.2) is 0 Å². The normalized spacial score (nSPS) is 12.6. The molecule has 2 aromatic carbocycles. The molecule has 1 amide bonds. The van der Waals surface area contributed by atoms with E-state index in [1.54, 1.807) is 30.1 Å². The van der Waals surface area contributed by atoms with Crippen molar-refractivity contribution in [3.63, 3.8) is 0 Å². The fourth-order valence-electron chi connectivity index (χ4n) is 2.45. The molecule has 1 N–H and O–H groups in total. The van der Waals surface area contributed by atoms with Gasteiger partial charge in [0.25, 0.3) is 0 Å². The number of rotatable bonds is 7. The van der Waals surface area contributed by atoms with E-state index in [0.29, 0.717) is 5.02 Å². The number of hydrogen-bond donors (Lipinski definition) is 1. The third kappa shape index (κ3) is 4.98. The molecule has 8 heteroatoms. The number of benzene rings is 2. The van der Waals surface area contributed by atoms with Gasteiger partial charge in [-0.15, -0.1) is 0 Å². The van der Waals surface area contributed by atoms with E-state index < -0.39 is 10.0 Å². The van der Waals surface area contributed by atoms with Gasteiger partial charge >= 0.3 is 0 Å². The lowest BCUT2D eigenvalue weighted by Crippen LogP contribution is -2.33. The van der Waals surface area contributed by atoms with Crippen LogP contribution in [0.3, 0.4) is 0 Å². The van der Waals surface area contributed by atoms with E-state index in [9.17, 15) is 13.2 Å². The number of halogens is 2. The molecular weight excluding hydrogens is 395 g/mol. The average molecular weight is 415 g/mol. The van der Waals surface area contributed by atoms with Gasteiger partial charge in [0, 0.05) is 25.0 Å². The van der Waals surface area contributed by atoms with Crippen LogP contribution in [0.2, 0.25) is 10.0 Å². The van der Waals surface area contributed by atoms with Gasteiger partial charge in [-0.25, -0.2) is 13.1 Å². The first-order chi connectivity index (χ1) is 12.2. The largest absolute Gasteiger partial charge is 0.339 e. The Morgan fingerprint density at radius 3 is 2.27 bits per heavy atom. The van der Waals surface area contributed by atoms with Gasteiger partial charge in [0.05, 0.1) is 11.1 Å². The van der Waals surface area contributed by atoms with Crippen molar-refractivity contribution in [3.05, 3.63) is 64.1 Å². The predicted octanol–water partition coefficient (Wildman–Crippen LogP) is 3.88. The van der Waals surface area contributed by atoms with Gasteiger partial charge < -0.3 is 4.90 Å². The van der Waals surface area contributed by atoms with Crippen molar-refractivity contribution < 1.29 is 13.2 Å². The van der Waals surface area contributed by atoms with Crippen molar-refractivity contribution in [1.29, 1.82) is 0 Å². The van der Waals surface area contributed by atoms with Crippen LogP contribution in [0.1, 0.15) is 24.9 Å². The van der Waals surface area contributed by atoms with Crippen LogP contribution in [-0.2, 0) is 14.8 Å². The predicted molar refractivity (Wildman–Crippen MR) is 104 cm³/mol. The highest BCUT2D eigenvalue weighted by molar-refractivity contribution is 7.89. The monoisotopic (exact) mass is 414 g/mol. The number of carbonyl (C=O) groups is 1. The molecule has 0 heterocycles. The lowest BCUT2D eigenvalue weighted by atomic mass is 10.1. The van der Waals surface area contributed by atoms with Crippen LogP contribution >= 0.6 is 23.2 Å². The number of hydrogen-bond acceptors (Lipinski definition) is 3. The second-order valence-electron chi connectivity index (χ2n) is 5.78. The summed E-state index contributed by atoms with van der Waals surface area (Å²) in [5, 5.41) is 0.717. The summed E-state index contributed by atoms with van der Waals surface area (Å²) in [5.41, 5.74) is 0.835. The Morgan fingerprint density at radius 1 is 1.08 bits per heavy atom. The maximum absolute atomic E-state index is 12.4. The molecule has 1 unspecified atom stereocenters. The third-order valence-corrected chi connectivity index (χ3v) is 6.39. The zero-order valence-corrected chi connectivity index (χ0v) is 16.8. The average Bonchev–Trinajstić information content (AvgIpc) is 2.61. The van der Waals surface area contributed by atoms with Gasteiger partial charge in [-0.3, -0.25) is 4.79 Å². The summed E-state index contributed by atoms with van der Waals surface area (Å²) in [6, 6.07) is 13.2. The summed E-state index contributed by atoms with van der Waals surface area (Å²) in [6.45, 7) is 1.85. The Bertz CT molecular complexity index is 888. The van der Waals surface area contributed by atoms with Crippen molar-refractivity contribution in [1.82, 2.24) is 9.62 Å². The lowest BCUT2D eigenvalue weighted by molar-refractivity contribution is -0.131. The van der Waals surface area contributed by atoms with Crippen molar-refractivity contribution in [2.75, 3.05) is 13.6 Å².